The molecule has 3 heterocycles. The van der Waals surface area contributed by atoms with Crippen molar-refractivity contribution in [1.29, 1.82) is 0 Å². The van der Waals surface area contributed by atoms with Crippen molar-refractivity contribution in [2.75, 3.05) is 19.8 Å². The highest BCUT2D eigenvalue weighted by Gasteiger charge is 2.37. The summed E-state index contributed by atoms with van der Waals surface area (Å²) in [4.78, 5) is 4.11. The third kappa shape index (κ3) is 3.22. The fraction of sp³-hybridized carbons (Fsp3) is 0.556. The predicted molar refractivity (Wildman–Crippen MR) is 89.7 cm³/mol. The van der Waals surface area contributed by atoms with Gasteiger partial charge in [0.25, 0.3) is 0 Å². The molecule has 0 saturated carbocycles. The number of hydrogen-bond acceptors (Lipinski definition) is 5. The molecule has 0 bridgehead atoms. The summed E-state index contributed by atoms with van der Waals surface area (Å²) >= 11 is 0. The third-order valence-electron chi connectivity index (χ3n) is 5.16. The second kappa shape index (κ2) is 7.01. The molecular formula is C18H24N4O2. The van der Waals surface area contributed by atoms with E-state index in [1.165, 1.54) is 6.42 Å². The van der Waals surface area contributed by atoms with E-state index in [1.807, 2.05) is 36.5 Å². The number of aromatic nitrogens is 3. The van der Waals surface area contributed by atoms with E-state index in [0.717, 1.165) is 37.3 Å². The smallest absolute Gasteiger partial charge is 0.0971 e. The average molecular weight is 328 g/mol. The number of ether oxygens (including phenoxy) is 1. The molecule has 2 fully saturated rings. The molecule has 1 N–H and O–H groups in total. The van der Waals surface area contributed by atoms with Gasteiger partial charge in [-0.1, -0.05) is 18.2 Å². The van der Waals surface area contributed by atoms with Crippen LogP contribution >= 0.6 is 0 Å². The minimum absolute atomic E-state index is 0.213. The Morgan fingerprint density at radius 2 is 2.08 bits per heavy atom. The van der Waals surface area contributed by atoms with Crippen LogP contribution in [0.5, 0.6) is 0 Å². The maximum Gasteiger partial charge on any atom is 0.0971 e. The van der Waals surface area contributed by atoms with Crippen LogP contribution in [0.2, 0.25) is 0 Å². The van der Waals surface area contributed by atoms with Crippen LogP contribution < -0.4 is 0 Å². The van der Waals surface area contributed by atoms with Gasteiger partial charge in [-0.25, -0.2) is 0 Å². The zero-order valence-electron chi connectivity index (χ0n) is 13.8. The molecular weight excluding hydrogens is 304 g/mol. The molecule has 2 saturated heterocycles. The van der Waals surface area contributed by atoms with Gasteiger partial charge in [0.15, 0.2) is 0 Å². The fourth-order valence-corrected chi connectivity index (χ4v) is 3.91. The van der Waals surface area contributed by atoms with Gasteiger partial charge in [-0.2, -0.15) is 15.0 Å². The quantitative estimate of drug-likeness (QED) is 0.924. The molecule has 6 nitrogen and oxygen atoms in total. The van der Waals surface area contributed by atoms with Crippen LogP contribution in [0.15, 0.2) is 36.5 Å². The minimum atomic E-state index is -0.246. The lowest BCUT2D eigenvalue weighted by Gasteiger charge is -2.36. The summed E-state index contributed by atoms with van der Waals surface area (Å²) in [6.07, 6.45) is 4.64. The zero-order valence-corrected chi connectivity index (χ0v) is 13.8. The van der Waals surface area contributed by atoms with Crippen LogP contribution in [0.25, 0.3) is 5.69 Å². The van der Waals surface area contributed by atoms with Crippen molar-refractivity contribution in [1.82, 2.24) is 19.9 Å². The van der Waals surface area contributed by atoms with E-state index in [0.29, 0.717) is 19.3 Å². The minimum Gasteiger partial charge on any atom is -0.393 e. The lowest BCUT2D eigenvalue weighted by atomic mass is 9.89. The van der Waals surface area contributed by atoms with Crippen LogP contribution in [-0.2, 0) is 11.3 Å². The van der Waals surface area contributed by atoms with Gasteiger partial charge in [0, 0.05) is 25.1 Å². The largest absolute Gasteiger partial charge is 0.393 e. The molecule has 0 spiro atoms. The average Bonchev–Trinajstić information content (AvgIpc) is 3.26. The number of aliphatic hydroxyl groups is 1. The molecule has 24 heavy (non-hydrogen) atoms. The Morgan fingerprint density at radius 1 is 1.21 bits per heavy atom. The Labute approximate surface area is 142 Å². The number of para-hydroxylation sites is 1. The van der Waals surface area contributed by atoms with Gasteiger partial charge in [-0.05, 0) is 37.9 Å². The van der Waals surface area contributed by atoms with E-state index in [2.05, 4.69) is 15.1 Å². The number of nitrogens with zero attached hydrogens (tertiary/aromatic N) is 4. The standard InChI is InChI=1S/C18H24N4O2/c23-18-8-10-24-13-16(18)17-7-4-9-21(17)12-14-11-19-22(20-14)15-5-2-1-3-6-15/h1-3,5-6,11,16-18,23H,4,7-10,12-13H2/t16-,17-,18-/m1/s1. The maximum atomic E-state index is 10.3. The van der Waals surface area contributed by atoms with E-state index < -0.39 is 0 Å². The third-order valence-corrected chi connectivity index (χ3v) is 5.16. The highest BCUT2D eigenvalue weighted by Crippen LogP contribution is 2.30. The highest BCUT2D eigenvalue weighted by molar-refractivity contribution is 5.28. The summed E-state index contributed by atoms with van der Waals surface area (Å²) in [7, 11) is 0. The van der Waals surface area contributed by atoms with Gasteiger partial charge in [0.05, 0.1) is 30.3 Å². The Balaban J connectivity index is 1.45. The zero-order chi connectivity index (χ0) is 16.4. The van der Waals surface area contributed by atoms with E-state index in [1.54, 1.807) is 4.80 Å². The number of hydrogen-bond donors (Lipinski definition) is 1. The van der Waals surface area contributed by atoms with Crippen LogP contribution in [0.3, 0.4) is 0 Å². The van der Waals surface area contributed by atoms with Crippen molar-refractivity contribution in [2.45, 2.75) is 38.0 Å². The SMILES string of the molecule is O[C@@H]1CCOC[C@@H]1[C@H]1CCCN1Cc1cnn(-c2ccccc2)n1. The molecule has 0 radical (unpaired) electrons. The summed E-state index contributed by atoms with van der Waals surface area (Å²) in [5.41, 5.74) is 1.94. The van der Waals surface area contributed by atoms with E-state index in [4.69, 9.17) is 4.74 Å². The molecule has 2 aliphatic heterocycles. The lowest BCUT2D eigenvalue weighted by Crippen LogP contribution is -2.45. The molecule has 128 valence electrons. The van der Waals surface area contributed by atoms with Gasteiger partial charge in [0.2, 0.25) is 0 Å². The first-order chi connectivity index (χ1) is 11.8. The second-order valence-electron chi connectivity index (χ2n) is 6.74. The monoisotopic (exact) mass is 328 g/mol. The van der Waals surface area contributed by atoms with Gasteiger partial charge in [0.1, 0.15) is 0 Å². The number of rotatable bonds is 4. The van der Waals surface area contributed by atoms with Crippen molar-refractivity contribution in [3.05, 3.63) is 42.2 Å². The first-order valence-corrected chi connectivity index (χ1v) is 8.78. The van der Waals surface area contributed by atoms with Crippen molar-refractivity contribution in [2.24, 2.45) is 5.92 Å². The summed E-state index contributed by atoms with van der Waals surface area (Å²) in [6, 6.07) is 10.3. The maximum absolute atomic E-state index is 10.3. The Hall–Kier alpha value is -1.76. The van der Waals surface area contributed by atoms with Gasteiger partial charge < -0.3 is 9.84 Å². The topological polar surface area (TPSA) is 63.4 Å². The first-order valence-electron chi connectivity index (χ1n) is 8.78. The van der Waals surface area contributed by atoms with E-state index in [9.17, 15) is 5.11 Å². The summed E-state index contributed by atoms with van der Waals surface area (Å²) in [5.74, 6) is 0.213. The van der Waals surface area contributed by atoms with Crippen LogP contribution in [0.1, 0.15) is 25.0 Å². The summed E-state index contributed by atoms with van der Waals surface area (Å²) in [5, 5.41) is 19.3. The summed E-state index contributed by atoms with van der Waals surface area (Å²) < 4.78 is 5.61. The van der Waals surface area contributed by atoms with Crippen LogP contribution in [0.4, 0.5) is 0 Å². The Bertz CT molecular complexity index is 660. The van der Waals surface area contributed by atoms with E-state index in [-0.39, 0.29) is 12.0 Å². The van der Waals surface area contributed by atoms with Gasteiger partial charge in [-0.15, -0.1) is 0 Å². The molecule has 1 aromatic carbocycles. The molecule has 6 heteroatoms. The fourth-order valence-electron chi connectivity index (χ4n) is 3.91. The molecule has 2 aromatic rings. The molecule has 2 aliphatic rings. The molecule has 3 atom stereocenters. The molecule has 0 amide bonds. The van der Waals surface area contributed by atoms with Crippen molar-refractivity contribution < 1.29 is 9.84 Å². The first kappa shape index (κ1) is 15.7. The predicted octanol–water partition coefficient (Wildman–Crippen LogP) is 1.63. The van der Waals surface area contributed by atoms with Crippen molar-refractivity contribution >= 4 is 0 Å². The number of benzene rings is 1. The number of likely N-dealkylation sites (tertiary alicyclic amines) is 1. The molecule has 0 unspecified atom stereocenters. The van der Waals surface area contributed by atoms with Crippen molar-refractivity contribution in [3.63, 3.8) is 0 Å². The van der Waals surface area contributed by atoms with Crippen LogP contribution in [0, 0.1) is 5.92 Å². The van der Waals surface area contributed by atoms with Gasteiger partial charge in [-0.3, -0.25) is 4.90 Å². The Kier molecular flexibility index (Phi) is 4.60. The van der Waals surface area contributed by atoms with Crippen LogP contribution in [-0.4, -0.2) is 56.9 Å². The molecule has 1 aromatic heterocycles. The van der Waals surface area contributed by atoms with E-state index >= 15 is 0 Å². The van der Waals surface area contributed by atoms with Crippen molar-refractivity contribution in [3.8, 4) is 5.69 Å². The molecule has 4 rings (SSSR count). The highest BCUT2D eigenvalue weighted by atomic mass is 16.5. The molecule has 0 aliphatic carbocycles. The number of aliphatic hydroxyl groups excluding tert-OH is 1. The lowest BCUT2D eigenvalue weighted by molar-refractivity contribution is -0.0637. The van der Waals surface area contributed by atoms with Gasteiger partial charge >= 0.3 is 0 Å². The Morgan fingerprint density at radius 3 is 2.92 bits per heavy atom. The normalized spacial score (nSPS) is 28.3. The second-order valence-corrected chi connectivity index (χ2v) is 6.74. The summed E-state index contributed by atoms with van der Waals surface area (Å²) in [6.45, 7) is 3.17.